The lowest BCUT2D eigenvalue weighted by atomic mass is 10.2. The molecular formula is C17H16N4O. The van der Waals surface area contributed by atoms with Gasteiger partial charge in [-0.2, -0.15) is 0 Å². The van der Waals surface area contributed by atoms with Gasteiger partial charge in [-0.1, -0.05) is 12.1 Å². The average Bonchev–Trinajstić information content (AvgIpc) is 2.55. The zero-order valence-electron chi connectivity index (χ0n) is 12.4. The summed E-state index contributed by atoms with van der Waals surface area (Å²) in [6.45, 7) is 1.54. The van der Waals surface area contributed by atoms with Crippen LogP contribution in [0.3, 0.4) is 0 Å². The van der Waals surface area contributed by atoms with Crippen LogP contribution in [0.1, 0.15) is 6.92 Å². The minimum Gasteiger partial charge on any atom is -0.340 e. The molecule has 0 radical (unpaired) electrons. The Bertz CT molecular complexity index is 809. The molecule has 0 unspecified atom stereocenters. The summed E-state index contributed by atoms with van der Waals surface area (Å²) in [6.07, 6.45) is 1.54. The number of para-hydroxylation sites is 1. The number of carbonyl (C=O) groups excluding carboxylic acids is 1. The Morgan fingerprint density at radius 3 is 2.50 bits per heavy atom. The van der Waals surface area contributed by atoms with Crippen molar-refractivity contribution in [2.45, 2.75) is 6.92 Å². The van der Waals surface area contributed by atoms with Crippen molar-refractivity contribution in [1.82, 2.24) is 9.97 Å². The maximum Gasteiger partial charge on any atom is 0.223 e. The summed E-state index contributed by atoms with van der Waals surface area (Å²) in [5.74, 6) is 0.765. The molecule has 0 atom stereocenters. The summed E-state index contributed by atoms with van der Waals surface area (Å²) in [5, 5.41) is 4.26. The molecule has 5 heteroatoms. The molecule has 0 saturated carbocycles. The maximum atomic E-state index is 11.4. The van der Waals surface area contributed by atoms with Gasteiger partial charge in [-0.3, -0.25) is 4.79 Å². The second-order valence-electron chi connectivity index (χ2n) is 4.99. The SMILES string of the molecule is CC(=O)N(C)c1ccc(Nc2ncnc3ccccc23)cc1. The van der Waals surface area contributed by atoms with E-state index in [1.807, 2.05) is 48.5 Å². The first kappa shape index (κ1) is 14.0. The fraction of sp³-hybridized carbons (Fsp3) is 0.118. The molecule has 0 aliphatic rings. The van der Waals surface area contributed by atoms with E-state index >= 15 is 0 Å². The van der Waals surface area contributed by atoms with Crippen LogP contribution in [0, 0.1) is 0 Å². The van der Waals surface area contributed by atoms with E-state index in [0.29, 0.717) is 0 Å². The Balaban J connectivity index is 1.88. The van der Waals surface area contributed by atoms with Crippen molar-refractivity contribution in [3.63, 3.8) is 0 Å². The summed E-state index contributed by atoms with van der Waals surface area (Å²) in [6, 6.07) is 15.5. The van der Waals surface area contributed by atoms with Crippen molar-refractivity contribution in [3.8, 4) is 0 Å². The van der Waals surface area contributed by atoms with E-state index in [0.717, 1.165) is 28.1 Å². The first-order valence-electron chi connectivity index (χ1n) is 6.96. The van der Waals surface area contributed by atoms with E-state index in [1.54, 1.807) is 25.2 Å². The number of aromatic nitrogens is 2. The second kappa shape index (κ2) is 5.81. The minimum atomic E-state index is 0.00232. The van der Waals surface area contributed by atoms with Gasteiger partial charge in [0.2, 0.25) is 5.91 Å². The largest absolute Gasteiger partial charge is 0.340 e. The zero-order valence-corrected chi connectivity index (χ0v) is 12.4. The van der Waals surface area contributed by atoms with Crippen LogP contribution < -0.4 is 10.2 Å². The first-order chi connectivity index (χ1) is 10.6. The van der Waals surface area contributed by atoms with Gasteiger partial charge in [0, 0.05) is 30.7 Å². The zero-order chi connectivity index (χ0) is 15.5. The van der Waals surface area contributed by atoms with Crippen LogP contribution in [-0.2, 0) is 4.79 Å². The highest BCUT2D eigenvalue weighted by atomic mass is 16.2. The Morgan fingerprint density at radius 2 is 1.77 bits per heavy atom. The smallest absolute Gasteiger partial charge is 0.223 e. The third kappa shape index (κ3) is 2.74. The van der Waals surface area contributed by atoms with Crippen LogP contribution in [0.25, 0.3) is 10.9 Å². The van der Waals surface area contributed by atoms with Crippen LogP contribution in [0.2, 0.25) is 0 Å². The molecule has 3 aromatic rings. The number of nitrogens with zero attached hydrogens (tertiary/aromatic N) is 3. The van der Waals surface area contributed by atoms with Crippen LogP contribution >= 0.6 is 0 Å². The normalized spacial score (nSPS) is 10.5. The predicted octanol–water partition coefficient (Wildman–Crippen LogP) is 3.36. The van der Waals surface area contributed by atoms with Crippen molar-refractivity contribution in [2.24, 2.45) is 0 Å². The molecule has 0 fully saturated rings. The van der Waals surface area contributed by atoms with Gasteiger partial charge in [-0.25, -0.2) is 9.97 Å². The van der Waals surface area contributed by atoms with Gasteiger partial charge in [0.15, 0.2) is 0 Å². The number of nitrogens with one attached hydrogen (secondary N) is 1. The van der Waals surface area contributed by atoms with Crippen LogP contribution in [0.4, 0.5) is 17.2 Å². The average molecular weight is 292 g/mol. The summed E-state index contributed by atoms with van der Waals surface area (Å²) in [5.41, 5.74) is 2.66. The molecule has 3 rings (SSSR count). The van der Waals surface area contributed by atoms with E-state index in [2.05, 4.69) is 15.3 Å². The van der Waals surface area contributed by atoms with E-state index in [1.165, 1.54) is 0 Å². The monoisotopic (exact) mass is 292 g/mol. The Kier molecular flexibility index (Phi) is 3.70. The lowest BCUT2D eigenvalue weighted by molar-refractivity contribution is -0.116. The lowest BCUT2D eigenvalue weighted by Crippen LogP contribution is -2.22. The third-order valence-electron chi connectivity index (χ3n) is 3.53. The van der Waals surface area contributed by atoms with E-state index in [9.17, 15) is 4.79 Å². The van der Waals surface area contributed by atoms with Gasteiger partial charge < -0.3 is 10.2 Å². The highest BCUT2D eigenvalue weighted by molar-refractivity contribution is 5.92. The molecule has 0 bridgehead atoms. The van der Waals surface area contributed by atoms with Crippen molar-refractivity contribution < 1.29 is 4.79 Å². The van der Waals surface area contributed by atoms with Gasteiger partial charge in [-0.15, -0.1) is 0 Å². The molecule has 1 heterocycles. The number of anilines is 3. The summed E-state index contributed by atoms with van der Waals surface area (Å²) in [7, 11) is 1.75. The number of hydrogen-bond acceptors (Lipinski definition) is 4. The van der Waals surface area contributed by atoms with Crippen LogP contribution in [-0.4, -0.2) is 22.9 Å². The fourth-order valence-electron chi connectivity index (χ4n) is 2.19. The summed E-state index contributed by atoms with van der Waals surface area (Å²) in [4.78, 5) is 21.5. The molecule has 5 nitrogen and oxygen atoms in total. The van der Waals surface area contributed by atoms with E-state index < -0.39 is 0 Å². The topological polar surface area (TPSA) is 58.1 Å². The Labute approximate surface area is 128 Å². The van der Waals surface area contributed by atoms with Gasteiger partial charge in [-0.05, 0) is 36.4 Å². The third-order valence-corrected chi connectivity index (χ3v) is 3.53. The molecule has 0 aliphatic heterocycles. The molecule has 2 aromatic carbocycles. The highest BCUT2D eigenvalue weighted by Gasteiger charge is 2.06. The maximum absolute atomic E-state index is 11.4. The molecule has 0 spiro atoms. The van der Waals surface area contributed by atoms with Crippen molar-refractivity contribution >= 4 is 34.0 Å². The van der Waals surface area contributed by atoms with Crippen molar-refractivity contribution in [2.75, 3.05) is 17.3 Å². The number of fused-ring (bicyclic) bond motifs is 1. The van der Waals surface area contributed by atoms with Gasteiger partial charge in [0.25, 0.3) is 0 Å². The molecule has 1 N–H and O–H groups in total. The van der Waals surface area contributed by atoms with E-state index in [4.69, 9.17) is 0 Å². The standard InChI is InChI=1S/C17H16N4O/c1-12(22)21(2)14-9-7-13(8-10-14)20-17-15-5-3-4-6-16(15)18-11-19-17/h3-11H,1-2H3,(H,18,19,20). The Hall–Kier alpha value is -2.95. The molecule has 1 amide bonds. The van der Waals surface area contributed by atoms with Crippen molar-refractivity contribution in [1.29, 1.82) is 0 Å². The number of benzene rings is 2. The fourth-order valence-corrected chi connectivity index (χ4v) is 2.19. The number of hydrogen-bond donors (Lipinski definition) is 1. The van der Waals surface area contributed by atoms with Gasteiger partial charge in [0.05, 0.1) is 5.52 Å². The van der Waals surface area contributed by atoms with E-state index in [-0.39, 0.29) is 5.91 Å². The molecule has 0 saturated heterocycles. The lowest BCUT2D eigenvalue weighted by Gasteiger charge is -2.15. The minimum absolute atomic E-state index is 0.00232. The number of rotatable bonds is 3. The number of carbonyl (C=O) groups is 1. The highest BCUT2D eigenvalue weighted by Crippen LogP contribution is 2.24. The first-order valence-corrected chi connectivity index (χ1v) is 6.96. The molecule has 1 aromatic heterocycles. The van der Waals surface area contributed by atoms with Crippen LogP contribution in [0.5, 0.6) is 0 Å². The molecule has 0 aliphatic carbocycles. The van der Waals surface area contributed by atoms with Gasteiger partial charge in [0.1, 0.15) is 12.1 Å². The Morgan fingerprint density at radius 1 is 1.05 bits per heavy atom. The quantitative estimate of drug-likeness (QED) is 0.804. The number of amides is 1. The summed E-state index contributed by atoms with van der Waals surface area (Å²) >= 11 is 0. The summed E-state index contributed by atoms with van der Waals surface area (Å²) < 4.78 is 0. The van der Waals surface area contributed by atoms with Gasteiger partial charge >= 0.3 is 0 Å². The predicted molar refractivity (Wildman–Crippen MR) is 88.3 cm³/mol. The van der Waals surface area contributed by atoms with Crippen LogP contribution in [0.15, 0.2) is 54.9 Å². The second-order valence-corrected chi connectivity index (χ2v) is 4.99. The molecule has 22 heavy (non-hydrogen) atoms. The van der Waals surface area contributed by atoms with Crippen molar-refractivity contribution in [3.05, 3.63) is 54.9 Å². The molecular weight excluding hydrogens is 276 g/mol. The molecule has 110 valence electrons.